The second-order valence-electron chi connectivity index (χ2n) is 5.76. The molecule has 0 atom stereocenters. The van der Waals surface area contributed by atoms with Crippen molar-refractivity contribution >= 4 is 27.4 Å². The Hall–Kier alpha value is -3.39. The Morgan fingerprint density at radius 2 is 1.79 bits per heavy atom. The summed E-state index contributed by atoms with van der Waals surface area (Å²) in [4.78, 5) is 4.64. The molecule has 2 aromatic heterocycles. The highest BCUT2D eigenvalue weighted by Crippen LogP contribution is 2.33. The lowest BCUT2D eigenvalue weighted by Crippen LogP contribution is -2.03. The van der Waals surface area contributed by atoms with Crippen LogP contribution in [0.3, 0.4) is 0 Å². The van der Waals surface area contributed by atoms with Gasteiger partial charge in [-0.2, -0.15) is 0 Å². The molecule has 0 spiro atoms. The van der Waals surface area contributed by atoms with E-state index in [1.807, 2.05) is 42.5 Å². The van der Waals surface area contributed by atoms with E-state index in [4.69, 9.17) is 18.6 Å². The summed E-state index contributed by atoms with van der Waals surface area (Å²) < 4.78 is 22.2. The highest BCUT2D eigenvalue weighted by atomic mass is 32.1. The van der Waals surface area contributed by atoms with Crippen LogP contribution in [0.4, 0.5) is 5.13 Å². The van der Waals surface area contributed by atoms with Crippen molar-refractivity contribution in [3.05, 3.63) is 53.3 Å². The van der Waals surface area contributed by atoms with Crippen molar-refractivity contribution in [2.45, 2.75) is 0 Å². The number of nitrogens with zero attached hydrogens (tertiary/aromatic N) is 3. The maximum atomic E-state index is 6.14. The predicted octanol–water partition coefficient (Wildman–Crippen LogP) is 4.21. The van der Waals surface area contributed by atoms with Crippen molar-refractivity contribution in [3.63, 3.8) is 0 Å². The van der Waals surface area contributed by atoms with E-state index in [0.29, 0.717) is 33.3 Å². The number of methoxy groups -OCH3 is 3. The van der Waals surface area contributed by atoms with Gasteiger partial charge in [0.15, 0.2) is 11.5 Å². The van der Waals surface area contributed by atoms with Gasteiger partial charge in [0.2, 0.25) is 5.13 Å². The second-order valence-corrected chi connectivity index (χ2v) is 6.57. The normalized spacial score (nSPS) is 11.6. The molecule has 0 saturated carbocycles. The number of hydrogen-bond donors (Lipinski definition) is 0. The fourth-order valence-corrected chi connectivity index (χ4v) is 3.25. The van der Waals surface area contributed by atoms with E-state index in [2.05, 4.69) is 15.2 Å². The number of benzene rings is 2. The van der Waals surface area contributed by atoms with Gasteiger partial charge in [-0.3, -0.25) is 0 Å². The van der Waals surface area contributed by atoms with E-state index in [9.17, 15) is 0 Å². The molecule has 4 rings (SSSR count). The van der Waals surface area contributed by atoms with Gasteiger partial charge in [-0.15, -0.1) is 10.2 Å². The van der Waals surface area contributed by atoms with Crippen LogP contribution in [0.25, 0.3) is 22.3 Å². The first-order valence-electron chi connectivity index (χ1n) is 8.37. The fourth-order valence-electron chi connectivity index (χ4n) is 2.82. The summed E-state index contributed by atoms with van der Waals surface area (Å²) in [6.45, 7) is 0. The van der Waals surface area contributed by atoms with Crippen molar-refractivity contribution in [1.29, 1.82) is 0 Å². The molecule has 0 fully saturated rings. The molecule has 2 heterocycles. The Kier molecular flexibility index (Phi) is 4.94. The third-order valence-corrected chi connectivity index (χ3v) is 4.77. The van der Waals surface area contributed by atoms with Crippen molar-refractivity contribution in [1.82, 2.24) is 10.2 Å². The predicted molar refractivity (Wildman–Crippen MR) is 106 cm³/mol. The molecule has 0 saturated heterocycles. The van der Waals surface area contributed by atoms with Crippen molar-refractivity contribution in [2.75, 3.05) is 21.3 Å². The van der Waals surface area contributed by atoms with Crippen molar-refractivity contribution < 1.29 is 18.6 Å². The van der Waals surface area contributed by atoms with Gasteiger partial charge >= 0.3 is 0 Å². The summed E-state index contributed by atoms with van der Waals surface area (Å²) in [7, 11) is 4.82. The topological polar surface area (TPSA) is 79.0 Å². The Labute approximate surface area is 164 Å². The molecule has 0 aliphatic carbocycles. The largest absolute Gasteiger partial charge is 0.497 e. The number of rotatable bonds is 5. The van der Waals surface area contributed by atoms with E-state index in [1.54, 1.807) is 26.8 Å². The average Bonchev–Trinajstić information content (AvgIpc) is 3.25. The molecule has 0 bridgehead atoms. The quantitative estimate of drug-likeness (QED) is 0.504. The van der Waals surface area contributed by atoms with Gasteiger partial charge in [-0.1, -0.05) is 11.3 Å². The summed E-state index contributed by atoms with van der Waals surface area (Å²) in [5.74, 6) is 2.63. The Morgan fingerprint density at radius 3 is 2.50 bits per heavy atom. The highest BCUT2D eigenvalue weighted by molar-refractivity contribution is 7.13. The van der Waals surface area contributed by atoms with Crippen LogP contribution >= 0.6 is 11.3 Å². The van der Waals surface area contributed by atoms with Crippen LogP contribution < -0.4 is 19.6 Å². The molecule has 8 heteroatoms. The van der Waals surface area contributed by atoms with Gasteiger partial charge in [-0.05, 0) is 36.4 Å². The molecular weight excluding hydrogens is 378 g/mol. The number of fused-ring (bicyclic) bond motifs is 1. The van der Waals surface area contributed by atoms with Crippen LogP contribution in [0.15, 0.2) is 57.4 Å². The maximum Gasteiger partial charge on any atom is 0.231 e. The van der Waals surface area contributed by atoms with E-state index in [1.165, 1.54) is 11.3 Å². The minimum atomic E-state index is 0.564. The summed E-state index contributed by atoms with van der Waals surface area (Å²) >= 11 is 1.36. The summed E-state index contributed by atoms with van der Waals surface area (Å²) in [6.07, 6.45) is 0. The van der Waals surface area contributed by atoms with Crippen molar-refractivity contribution in [3.8, 4) is 28.6 Å². The Balaban J connectivity index is 1.96. The molecule has 0 aliphatic rings. The molecule has 2 aromatic carbocycles. The van der Waals surface area contributed by atoms with E-state index >= 15 is 0 Å². The zero-order valence-corrected chi connectivity index (χ0v) is 16.3. The molecule has 4 aromatic rings. The van der Waals surface area contributed by atoms with Gasteiger partial charge in [-0.25, -0.2) is 4.99 Å². The first-order chi connectivity index (χ1) is 13.7. The molecular formula is C20H17N3O4S. The van der Waals surface area contributed by atoms with E-state index in [-0.39, 0.29) is 0 Å². The number of hydrogen-bond acceptors (Lipinski definition) is 8. The minimum Gasteiger partial charge on any atom is -0.497 e. The SMILES string of the molecule is COc1ccc2oc(-c3ccc(OC)c(OC)c3)cc(=Nc3nncs3)c2c1. The van der Waals surface area contributed by atoms with Crippen LogP contribution in [0.1, 0.15) is 0 Å². The van der Waals surface area contributed by atoms with Crippen LogP contribution in [0.5, 0.6) is 17.2 Å². The van der Waals surface area contributed by atoms with Gasteiger partial charge in [0.1, 0.15) is 22.6 Å². The molecule has 142 valence electrons. The molecule has 0 aliphatic heterocycles. The van der Waals surface area contributed by atoms with Crippen LogP contribution in [0.2, 0.25) is 0 Å². The summed E-state index contributed by atoms with van der Waals surface area (Å²) in [6, 6.07) is 13.1. The molecule has 7 nitrogen and oxygen atoms in total. The van der Waals surface area contributed by atoms with Crippen LogP contribution in [0, 0.1) is 0 Å². The van der Waals surface area contributed by atoms with E-state index < -0.39 is 0 Å². The maximum absolute atomic E-state index is 6.14. The zero-order chi connectivity index (χ0) is 19.5. The average molecular weight is 395 g/mol. The lowest BCUT2D eigenvalue weighted by Gasteiger charge is -2.10. The fraction of sp³-hybridized carbons (Fsp3) is 0.150. The third kappa shape index (κ3) is 3.41. The first kappa shape index (κ1) is 18.0. The lowest BCUT2D eigenvalue weighted by molar-refractivity contribution is 0.355. The molecule has 0 amide bonds. The molecule has 0 radical (unpaired) electrons. The minimum absolute atomic E-state index is 0.564. The van der Waals surface area contributed by atoms with Gasteiger partial charge in [0, 0.05) is 17.0 Å². The standard InChI is InChI=1S/C20H17N3O4S/c1-24-13-5-7-16-14(9-13)15(22-20-23-21-11-28-20)10-18(27-16)12-4-6-17(25-2)19(8-12)26-3/h4-11H,1-3H3. The van der Waals surface area contributed by atoms with Crippen molar-refractivity contribution in [2.24, 2.45) is 4.99 Å². The number of aromatic nitrogens is 2. The molecule has 0 N–H and O–H groups in total. The first-order valence-corrected chi connectivity index (χ1v) is 9.25. The molecule has 28 heavy (non-hydrogen) atoms. The van der Waals surface area contributed by atoms with Crippen LogP contribution in [-0.4, -0.2) is 31.5 Å². The Morgan fingerprint density at radius 1 is 0.929 bits per heavy atom. The smallest absolute Gasteiger partial charge is 0.231 e. The zero-order valence-electron chi connectivity index (χ0n) is 15.5. The summed E-state index contributed by atoms with van der Waals surface area (Å²) in [5.41, 5.74) is 3.16. The van der Waals surface area contributed by atoms with Gasteiger partial charge in [0.25, 0.3) is 0 Å². The van der Waals surface area contributed by atoms with Crippen LogP contribution in [-0.2, 0) is 0 Å². The molecule has 0 unspecified atom stereocenters. The number of ether oxygens (including phenoxy) is 3. The Bertz CT molecular complexity index is 1190. The summed E-state index contributed by atoms with van der Waals surface area (Å²) in [5, 5.41) is 9.96. The van der Waals surface area contributed by atoms with E-state index in [0.717, 1.165) is 16.7 Å². The van der Waals surface area contributed by atoms with Gasteiger partial charge < -0.3 is 18.6 Å². The highest BCUT2D eigenvalue weighted by Gasteiger charge is 2.11. The monoisotopic (exact) mass is 395 g/mol. The lowest BCUT2D eigenvalue weighted by atomic mass is 10.1. The second kappa shape index (κ2) is 7.69. The van der Waals surface area contributed by atoms with Gasteiger partial charge in [0.05, 0.1) is 26.7 Å². The third-order valence-electron chi connectivity index (χ3n) is 4.18.